The molecule has 2 rings (SSSR count). The van der Waals surface area contributed by atoms with E-state index in [0.717, 1.165) is 12.2 Å². The second-order valence-electron chi connectivity index (χ2n) is 5.26. The van der Waals surface area contributed by atoms with Crippen LogP contribution < -0.4 is 10.1 Å². The third-order valence-electron chi connectivity index (χ3n) is 3.89. The van der Waals surface area contributed by atoms with Crippen molar-refractivity contribution in [1.82, 2.24) is 5.32 Å². The van der Waals surface area contributed by atoms with Gasteiger partial charge in [0.15, 0.2) is 0 Å². The quantitative estimate of drug-likeness (QED) is 0.854. The van der Waals surface area contributed by atoms with E-state index in [0.29, 0.717) is 24.8 Å². The minimum atomic E-state index is 0.372. The Kier molecular flexibility index (Phi) is 5.23. The summed E-state index contributed by atoms with van der Waals surface area (Å²) in [5.74, 6) is 0.943. The second kappa shape index (κ2) is 6.92. The van der Waals surface area contributed by atoms with Crippen LogP contribution in [0, 0.1) is 0 Å². The Morgan fingerprint density at radius 1 is 1.26 bits per heavy atom. The lowest BCUT2D eigenvalue weighted by molar-refractivity contribution is 0.106. The Labute approximate surface area is 116 Å². The Balaban J connectivity index is 1.87. The van der Waals surface area contributed by atoms with Crippen LogP contribution in [0.4, 0.5) is 0 Å². The minimum Gasteiger partial charge on any atom is -0.494 e. The molecule has 0 aromatic heterocycles. The first-order valence-corrected chi connectivity index (χ1v) is 7.24. The molecule has 1 N–H and O–H groups in total. The summed E-state index contributed by atoms with van der Waals surface area (Å²) in [5.41, 5.74) is 1.31. The average molecular weight is 263 g/mol. The molecule has 0 saturated heterocycles. The minimum absolute atomic E-state index is 0.372. The standard InChI is InChI=1S/C16H25NO2/c1-4-19-15-8-5-13(6-9-15)12(2)17-14-7-10-16(11-14)18-3/h5-6,8-9,12,14,16-17H,4,7,10-11H2,1-3H3. The highest BCUT2D eigenvalue weighted by molar-refractivity contribution is 5.29. The Morgan fingerprint density at radius 3 is 2.58 bits per heavy atom. The van der Waals surface area contributed by atoms with Crippen molar-refractivity contribution >= 4 is 0 Å². The molecule has 0 bridgehead atoms. The maximum Gasteiger partial charge on any atom is 0.119 e. The van der Waals surface area contributed by atoms with Crippen LogP contribution in [-0.2, 0) is 4.74 Å². The van der Waals surface area contributed by atoms with Gasteiger partial charge < -0.3 is 14.8 Å². The number of benzene rings is 1. The first-order chi connectivity index (χ1) is 9.22. The molecule has 106 valence electrons. The van der Waals surface area contributed by atoms with Crippen LogP contribution in [-0.4, -0.2) is 25.9 Å². The van der Waals surface area contributed by atoms with Crippen LogP contribution in [0.1, 0.15) is 44.7 Å². The van der Waals surface area contributed by atoms with Crippen molar-refractivity contribution in [2.75, 3.05) is 13.7 Å². The zero-order valence-corrected chi connectivity index (χ0v) is 12.2. The van der Waals surface area contributed by atoms with Crippen molar-refractivity contribution in [2.45, 2.75) is 51.3 Å². The molecule has 3 unspecified atom stereocenters. The van der Waals surface area contributed by atoms with Crippen LogP contribution in [0.25, 0.3) is 0 Å². The van der Waals surface area contributed by atoms with Gasteiger partial charge in [-0.15, -0.1) is 0 Å². The van der Waals surface area contributed by atoms with Gasteiger partial charge >= 0.3 is 0 Å². The molecule has 3 atom stereocenters. The summed E-state index contributed by atoms with van der Waals surface area (Å²) in [6.07, 6.45) is 3.94. The van der Waals surface area contributed by atoms with Gasteiger partial charge in [0.05, 0.1) is 12.7 Å². The zero-order valence-electron chi connectivity index (χ0n) is 12.2. The van der Waals surface area contributed by atoms with E-state index in [1.165, 1.54) is 18.4 Å². The molecule has 1 saturated carbocycles. The highest BCUT2D eigenvalue weighted by atomic mass is 16.5. The van der Waals surface area contributed by atoms with E-state index in [1.807, 2.05) is 26.2 Å². The van der Waals surface area contributed by atoms with Gasteiger partial charge in [-0.05, 0) is 50.8 Å². The fourth-order valence-corrected chi connectivity index (χ4v) is 2.77. The van der Waals surface area contributed by atoms with E-state index in [2.05, 4.69) is 24.4 Å². The maximum atomic E-state index is 5.47. The number of ether oxygens (including phenoxy) is 2. The summed E-state index contributed by atoms with van der Waals surface area (Å²) in [6, 6.07) is 9.33. The summed E-state index contributed by atoms with van der Waals surface area (Å²) in [4.78, 5) is 0. The van der Waals surface area contributed by atoms with Crippen molar-refractivity contribution in [2.24, 2.45) is 0 Å². The molecule has 3 nitrogen and oxygen atoms in total. The molecule has 0 heterocycles. The van der Waals surface area contributed by atoms with Gasteiger partial charge in [-0.2, -0.15) is 0 Å². The van der Waals surface area contributed by atoms with E-state index in [4.69, 9.17) is 9.47 Å². The normalized spacial score (nSPS) is 24.4. The highest BCUT2D eigenvalue weighted by Crippen LogP contribution is 2.25. The van der Waals surface area contributed by atoms with Crippen molar-refractivity contribution in [3.05, 3.63) is 29.8 Å². The van der Waals surface area contributed by atoms with Crippen molar-refractivity contribution in [3.63, 3.8) is 0 Å². The molecule has 0 amide bonds. The summed E-state index contributed by atoms with van der Waals surface area (Å²) < 4.78 is 10.9. The number of hydrogen-bond donors (Lipinski definition) is 1. The molecule has 1 aromatic rings. The van der Waals surface area contributed by atoms with Crippen molar-refractivity contribution < 1.29 is 9.47 Å². The third-order valence-corrected chi connectivity index (χ3v) is 3.89. The largest absolute Gasteiger partial charge is 0.494 e. The van der Waals surface area contributed by atoms with Gasteiger partial charge in [0.2, 0.25) is 0 Å². The SMILES string of the molecule is CCOc1ccc(C(C)NC2CCC(OC)C2)cc1. The van der Waals surface area contributed by atoms with Gasteiger partial charge in [-0.25, -0.2) is 0 Å². The Hall–Kier alpha value is -1.06. The van der Waals surface area contributed by atoms with Gasteiger partial charge in [-0.3, -0.25) is 0 Å². The lowest BCUT2D eigenvalue weighted by Crippen LogP contribution is -2.29. The third kappa shape index (κ3) is 3.95. The number of methoxy groups -OCH3 is 1. The predicted molar refractivity (Wildman–Crippen MR) is 77.6 cm³/mol. The molecular weight excluding hydrogens is 238 g/mol. The smallest absolute Gasteiger partial charge is 0.119 e. The molecule has 19 heavy (non-hydrogen) atoms. The van der Waals surface area contributed by atoms with Crippen LogP contribution in [0.5, 0.6) is 5.75 Å². The van der Waals surface area contributed by atoms with Gasteiger partial charge in [-0.1, -0.05) is 12.1 Å². The van der Waals surface area contributed by atoms with Crippen molar-refractivity contribution in [3.8, 4) is 5.75 Å². The molecule has 1 fully saturated rings. The summed E-state index contributed by atoms with van der Waals surface area (Å²) >= 11 is 0. The monoisotopic (exact) mass is 263 g/mol. The van der Waals surface area contributed by atoms with E-state index < -0.39 is 0 Å². The molecule has 1 aliphatic carbocycles. The highest BCUT2D eigenvalue weighted by Gasteiger charge is 2.25. The first kappa shape index (κ1) is 14.4. The number of nitrogens with one attached hydrogen (secondary N) is 1. The van der Waals surface area contributed by atoms with Crippen molar-refractivity contribution in [1.29, 1.82) is 0 Å². The molecular formula is C16H25NO2. The van der Waals surface area contributed by atoms with Crippen LogP contribution in [0.2, 0.25) is 0 Å². The van der Waals surface area contributed by atoms with E-state index >= 15 is 0 Å². The fraction of sp³-hybridized carbons (Fsp3) is 0.625. The zero-order chi connectivity index (χ0) is 13.7. The Bertz CT molecular complexity index is 377. The molecule has 0 radical (unpaired) electrons. The lowest BCUT2D eigenvalue weighted by Gasteiger charge is -2.20. The van der Waals surface area contributed by atoms with E-state index in [-0.39, 0.29) is 0 Å². The van der Waals surface area contributed by atoms with Gasteiger partial charge in [0, 0.05) is 19.2 Å². The predicted octanol–water partition coefficient (Wildman–Crippen LogP) is 3.30. The van der Waals surface area contributed by atoms with Gasteiger partial charge in [0.1, 0.15) is 5.75 Å². The fourth-order valence-electron chi connectivity index (χ4n) is 2.77. The molecule has 1 aromatic carbocycles. The first-order valence-electron chi connectivity index (χ1n) is 7.24. The summed E-state index contributed by atoms with van der Waals surface area (Å²) in [5, 5.41) is 3.69. The molecule has 1 aliphatic rings. The molecule has 0 spiro atoms. The van der Waals surface area contributed by atoms with Crippen LogP contribution >= 0.6 is 0 Å². The lowest BCUT2D eigenvalue weighted by atomic mass is 10.1. The second-order valence-corrected chi connectivity index (χ2v) is 5.26. The van der Waals surface area contributed by atoms with E-state index in [9.17, 15) is 0 Å². The summed E-state index contributed by atoms with van der Waals surface area (Å²) in [7, 11) is 1.81. The number of rotatable bonds is 6. The Morgan fingerprint density at radius 2 is 2.00 bits per heavy atom. The average Bonchev–Trinajstić information content (AvgIpc) is 2.87. The number of hydrogen-bond acceptors (Lipinski definition) is 3. The molecule has 0 aliphatic heterocycles. The van der Waals surface area contributed by atoms with Gasteiger partial charge in [0.25, 0.3) is 0 Å². The van der Waals surface area contributed by atoms with E-state index in [1.54, 1.807) is 0 Å². The topological polar surface area (TPSA) is 30.5 Å². The van der Waals surface area contributed by atoms with Crippen LogP contribution in [0.3, 0.4) is 0 Å². The maximum absolute atomic E-state index is 5.47. The van der Waals surface area contributed by atoms with Crippen LogP contribution in [0.15, 0.2) is 24.3 Å². The molecule has 3 heteroatoms. The summed E-state index contributed by atoms with van der Waals surface area (Å²) in [6.45, 7) is 4.94.